The highest BCUT2D eigenvalue weighted by Crippen LogP contribution is 2.38. The van der Waals surface area contributed by atoms with Gasteiger partial charge >= 0.3 is 0 Å². The molecular weight excluding hydrogens is 224 g/mol. The van der Waals surface area contributed by atoms with Gasteiger partial charge in [0.1, 0.15) is 5.75 Å². The molecule has 0 spiro atoms. The molecule has 0 aliphatic heterocycles. The molecule has 1 saturated carbocycles. The smallest absolute Gasteiger partial charge is 0.137 e. The first kappa shape index (κ1) is 13.3. The Kier molecular flexibility index (Phi) is 4.59. The van der Waals surface area contributed by atoms with Gasteiger partial charge in [0, 0.05) is 12.7 Å². The topological polar surface area (TPSA) is 25.4 Å². The number of methoxy groups -OCH3 is 1. The zero-order chi connectivity index (χ0) is 13.0. The van der Waals surface area contributed by atoms with Crippen LogP contribution in [0.1, 0.15) is 37.2 Å². The van der Waals surface area contributed by atoms with Crippen LogP contribution in [0.4, 0.5) is 0 Å². The van der Waals surface area contributed by atoms with Crippen molar-refractivity contribution in [2.24, 2.45) is 5.92 Å². The number of aromatic nitrogens is 1. The summed E-state index contributed by atoms with van der Waals surface area (Å²) in [4.78, 5) is 6.61. The average molecular weight is 248 g/mol. The Morgan fingerprint density at radius 2 is 2.06 bits per heavy atom. The maximum absolute atomic E-state index is 5.29. The number of hydrogen-bond donors (Lipinski definition) is 0. The molecule has 0 radical (unpaired) electrons. The molecule has 1 aliphatic rings. The number of pyridine rings is 1. The van der Waals surface area contributed by atoms with Crippen molar-refractivity contribution in [2.75, 3.05) is 27.7 Å². The van der Waals surface area contributed by atoms with E-state index in [0.29, 0.717) is 5.92 Å². The largest absolute Gasteiger partial charge is 0.495 e. The molecule has 1 heterocycles. The summed E-state index contributed by atoms with van der Waals surface area (Å²) in [6.07, 6.45) is 9.13. The van der Waals surface area contributed by atoms with Gasteiger partial charge in [-0.15, -0.1) is 0 Å². The van der Waals surface area contributed by atoms with Crippen LogP contribution in [0.25, 0.3) is 0 Å². The van der Waals surface area contributed by atoms with Gasteiger partial charge in [0.2, 0.25) is 0 Å². The van der Waals surface area contributed by atoms with E-state index in [9.17, 15) is 0 Å². The molecule has 1 aromatic rings. The lowest BCUT2D eigenvalue weighted by Crippen LogP contribution is -2.29. The summed E-state index contributed by atoms with van der Waals surface area (Å²) in [5.74, 6) is 2.27. The van der Waals surface area contributed by atoms with E-state index in [-0.39, 0.29) is 0 Å². The molecule has 0 unspecified atom stereocenters. The Morgan fingerprint density at radius 1 is 1.28 bits per heavy atom. The Hall–Kier alpha value is -1.09. The van der Waals surface area contributed by atoms with Crippen molar-refractivity contribution >= 4 is 0 Å². The Morgan fingerprint density at radius 3 is 2.78 bits per heavy atom. The molecule has 2 rings (SSSR count). The first-order valence-corrected chi connectivity index (χ1v) is 6.84. The fourth-order valence-electron chi connectivity index (χ4n) is 3.08. The monoisotopic (exact) mass is 248 g/mol. The highest BCUT2D eigenvalue weighted by molar-refractivity contribution is 5.27. The summed E-state index contributed by atoms with van der Waals surface area (Å²) in [5, 5.41) is 0. The average Bonchev–Trinajstić information content (AvgIpc) is 2.39. The van der Waals surface area contributed by atoms with Crippen molar-refractivity contribution < 1.29 is 4.74 Å². The van der Waals surface area contributed by atoms with Gasteiger partial charge in [0.05, 0.1) is 13.3 Å². The van der Waals surface area contributed by atoms with Crippen LogP contribution in [0.5, 0.6) is 5.75 Å². The summed E-state index contributed by atoms with van der Waals surface area (Å²) in [6.45, 7) is 1.17. The number of nitrogens with zero attached hydrogens (tertiary/aromatic N) is 2. The molecule has 100 valence electrons. The van der Waals surface area contributed by atoms with E-state index in [4.69, 9.17) is 4.74 Å². The predicted octanol–water partition coefficient (Wildman–Crippen LogP) is 2.93. The second kappa shape index (κ2) is 6.19. The maximum atomic E-state index is 5.29. The van der Waals surface area contributed by atoms with Crippen LogP contribution in [0.2, 0.25) is 0 Å². The molecule has 3 heteroatoms. The minimum Gasteiger partial charge on any atom is -0.495 e. The lowest BCUT2D eigenvalue weighted by molar-refractivity contribution is 0.233. The standard InChI is InChI=1S/C15H24N2O/c1-17(2)11-12-6-4-5-7-15(12)13-8-14(18-3)10-16-9-13/h8-10,12,15H,4-7,11H2,1-3H3/t12-,15-/m0/s1. The third-order valence-corrected chi connectivity index (χ3v) is 3.91. The van der Waals surface area contributed by atoms with E-state index in [0.717, 1.165) is 11.7 Å². The quantitative estimate of drug-likeness (QED) is 0.819. The molecule has 0 N–H and O–H groups in total. The highest BCUT2D eigenvalue weighted by Gasteiger charge is 2.27. The molecule has 0 amide bonds. The minimum absolute atomic E-state index is 0.642. The Labute approximate surface area is 110 Å². The summed E-state index contributed by atoms with van der Waals surface area (Å²) < 4.78 is 5.29. The maximum Gasteiger partial charge on any atom is 0.137 e. The van der Waals surface area contributed by atoms with Crippen molar-refractivity contribution in [3.8, 4) is 5.75 Å². The van der Waals surface area contributed by atoms with E-state index < -0.39 is 0 Å². The van der Waals surface area contributed by atoms with Gasteiger partial charge in [-0.2, -0.15) is 0 Å². The van der Waals surface area contributed by atoms with Gasteiger partial charge < -0.3 is 9.64 Å². The second-order valence-corrected chi connectivity index (χ2v) is 5.57. The molecule has 1 aliphatic carbocycles. The zero-order valence-electron chi connectivity index (χ0n) is 11.7. The van der Waals surface area contributed by atoms with Gasteiger partial charge in [-0.3, -0.25) is 4.98 Å². The third kappa shape index (κ3) is 3.22. The van der Waals surface area contributed by atoms with Crippen molar-refractivity contribution in [1.82, 2.24) is 9.88 Å². The lowest BCUT2D eigenvalue weighted by atomic mass is 9.75. The van der Waals surface area contributed by atoms with Crippen molar-refractivity contribution in [3.05, 3.63) is 24.0 Å². The molecule has 0 saturated heterocycles. The normalized spacial score (nSPS) is 24.2. The van der Waals surface area contributed by atoms with Crippen LogP contribution in [0, 0.1) is 5.92 Å². The molecule has 0 aromatic carbocycles. The summed E-state index contributed by atoms with van der Waals surface area (Å²) >= 11 is 0. The molecule has 2 atom stereocenters. The van der Waals surface area contributed by atoms with E-state index in [2.05, 4.69) is 30.0 Å². The predicted molar refractivity (Wildman–Crippen MR) is 74.0 cm³/mol. The first-order valence-electron chi connectivity index (χ1n) is 6.84. The van der Waals surface area contributed by atoms with Gasteiger partial charge in [-0.05, 0) is 50.4 Å². The lowest BCUT2D eigenvalue weighted by Gasteiger charge is -2.33. The van der Waals surface area contributed by atoms with Gasteiger partial charge in [0.15, 0.2) is 0 Å². The van der Waals surface area contributed by atoms with E-state index in [1.807, 2.05) is 6.20 Å². The molecule has 1 fully saturated rings. The van der Waals surface area contributed by atoms with Crippen LogP contribution in [0.3, 0.4) is 0 Å². The van der Waals surface area contributed by atoms with Crippen LogP contribution in [-0.4, -0.2) is 37.6 Å². The molecule has 1 aromatic heterocycles. The van der Waals surface area contributed by atoms with Gasteiger partial charge in [-0.25, -0.2) is 0 Å². The van der Waals surface area contributed by atoms with E-state index >= 15 is 0 Å². The summed E-state index contributed by atoms with van der Waals surface area (Å²) in [6, 6.07) is 2.16. The highest BCUT2D eigenvalue weighted by atomic mass is 16.5. The fraction of sp³-hybridized carbons (Fsp3) is 0.667. The molecule has 18 heavy (non-hydrogen) atoms. The fourth-order valence-corrected chi connectivity index (χ4v) is 3.08. The Bertz CT molecular complexity index is 379. The van der Waals surface area contributed by atoms with E-state index in [1.54, 1.807) is 13.3 Å². The van der Waals surface area contributed by atoms with Crippen LogP contribution < -0.4 is 4.74 Å². The number of ether oxygens (including phenoxy) is 1. The molecular formula is C15H24N2O. The van der Waals surface area contributed by atoms with Gasteiger partial charge in [-0.1, -0.05) is 12.8 Å². The van der Waals surface area contributed by atoms with Crippen molar-refractivity contribution in [2.45, 2.75) is 31.6 Å². The van der Waals surface area contributed by atoms with Crippen LogP contribution >= 0.6 is 0 Å². The van der Waals surface area contributed by atoms with Crippen molar-refractivity contribution in [3.63, 3.8) is 0 Å². The number of hydrogen-bond acceptors (Lipinski definition) is 3. The second-order valence-electron chi connectivity index (χ2n) is 5.57. The SMILES string of the molecule is COc1cncc([C@H]2CCCC[C@H]2CN(C)C)c1. The van der Waals surface area contributed by atoms with Crippen LogP contribution in [0.15, 0.2) is 18.5 Å². The van der Waals surface area contributed by atoms with Crippen LogP contribution in [-0.2, 0) is 0 Å². The molecule has 3 nitrogen and oxygen atoms in total. The molecule has 0 bridgehead atoms. The third-order valence-electron chi connectivity index (χ3n) is 3.91. The van der Waals surface area contributed by atoms with E-state index in [1.165, 1.54) is 37.8 Å². The zero-order valence-corrected chi connectivity index (χ0v) is 11.7. The summed E-state index contributed by atoms with van der Waals surface area (Å²) in [7, 11) is 6.03. The van der Waals surface area contributed by atoms with Gasteiger partial charge in [0.25, 0.3) is 0 Å². The Balaban J connectivity index is 2.16. The van der Waals surface area contributed by atoms with Crippen molar-refractivity contribution in [1.29, 1.82) is 0 Å². The summed E-state index contributed by atoms with van der Waals surface area (Å²) in [5.41, 5.74) is 1.35. The number of rotatable bonds is 4. The first-order chi connectivity index (χ1) is 8.70. The minimum atomic E-state index is 0.642.